The van der Waals surface area contributed by atoms with Crippen molar-refractivity contribution in [2.75, 3.05) is 0 Å². The van der Waals surface area contributed by atoms with Gasteiger partial charge in [0.05, 0.1) is 0 Å². The minimum Gasteiger partial charge on any atom is -0.481 e. The van der Waals surface area contributed by atoms with E-state index >= 15 is 0 Å². The maximum absolute atomic E-state index is 9.90. The van der Waals surface area contributed by atoms with Gasteiger partial charge in [0.25, 0.3) is 0 Å². The Balaban J connectivity index is 0. The molecule has 0 aliphatic carbocycles. The number of carboxylic acids is 2. The van der Waals surface area contributed by atoms with Crippen LogP contribution in [0.3, 0.4) is 0 Å². The van der Waals surface area contributed by atoms with E-state index in [1.54, 1.807) is 0 Å². The van der Waals surface area contributed by atoms with Crippen LogP contribution < -0.4 is 0 Å². The summed E-state index contributed by atoms with van der Waals surface area (Å²) in [6, 6.07) is 0. The fraction of sp³-hybridized carbons (Fsp3) is 0.667. The van der Waals surface area contributed by atoms with Crippen molar-refractivity contribution in [1.29, 1.82) is 0 Å². The molecule has 4 nitrogen and oxygen atoms in total. The average Bonchev–Trinajstić information content (AvgIpc) is 1.79. The molecule has 0 unspecified atom stereocenters. The third-order valence-electron chi connectivity index (χ3n) is 1.03. The quantitative estimate of drug-likeness (QED) is 0.555. The normalized spacial score (nSPS) is 8.36. The first-order valence-electron chi connectivity index (χ1n) is 3.06. The van der Waals surface area contributed by atoms with E-state index in [2.05, 4.69) is 0 Å². The van der Waals surface area contributed by atoms with Gasteiger partial charge in [0.1, 0.15) is 0 Å². The van der Waals surface area contributed by atoms with Crippen molar-refractivity contribution >= 4 is 35.8 Å². The van der Waals surface area contributed by atoms with Gasteiger partial charge in [-0.1, -0.05) is 0 Å². The van der Waals surface area contributed by atoms with E-state index in [0.717, 1.165) is 0 Å². The van der Waals surface area contributed by atoms with Gasteiger partial charge in [-0.25, -0.2) is 0 Å². The van der Waals surface area contributed by atoms with E-state index < -0.39 is 11.9 Å². The molecule has 0 rings (SSSR count). The van der Waals surface area contributed by atoms with E-state index in [1.165, 1.54) is 0 Å². The predicted octanol–water partition coefficient (Wildman–Crippen LogP) is 0.335. The molecule has 0 atom stereocenters. The van der Waals surface area contributed by atoms with Crippen molar-refractivity contribution in [3.63, 3.8) is 0 Å². The minimum absolute atomic E-state index is 0. The molecule has 4 radical (unpaired) electrons. The van der Waals surface area contributed by atoms with E-state index in [1.807, 2.05) is 0 Å². The molecule has 11 heavy (non-hydrogen) atoms. The summed E-state index contributed by atoms with van der Waals surface area (Å²) in [5.41, 5.74) is 0. The molecule has 0 aromatic heterocycles. The van der Waals surface area contributed by atoms with Crippen LogP contribution in [-0.2, 0) is 9.59 Å². The van der Waals surface area contributed by atoms with Gasteiger partial charge >= 0.3 is 11.9 Å². The fourth-order valence-corrected chi connectivity index (χ4v) is 0.552. The number of carbonyl (C=O) groups is 2. The smallest absolute Gasteiger partial charge is 0.303 e. The van der Waals surface area contributed by atoms with Crippen molar-refractivity contribution in [2.45, 2.75) is 25.7 Å². The molecule has 0 spiro atoms. The summed E-state index contributed by atoms with van der Waals surface area (Å²) in [6.07, 6.45) is 1.02. The van der Waals surface area contributed by atoms with Gasteiger partial charge in [-0.2, -0.15) is 0 Å². The zero-order chi connectivity index (χ0) is 7.98. The Morgan fingerprint density at radius 3 is 1.36 bits per heavy atom. The minimum atomic E-state index is -0.870. The first-order chi connectivity index (χ1) is 4.63. The topological polar surface area (TPSA) is 74.6 Å². The molecule has 0 aromatic rings. The number of carboxylic acid groups (broad SMARTS) is 2. The Kier molecular flexibility index (Phi) is 9.51. The van der Waals surface area contributed by atoms with Crippen LogP contribution in [0.5, 0.6) is 0 Å². The van der Waals surface area contributed by atoms with Crippen LogP contribution >= 0.6 is 0 Å². The molecule has 0 heterocycles. The molecular formula is C6H10O4Sn. The third-order valence-corrected chi connectivity index (χ3v) is 1.03. The van der Waals surface area contributed by atoms with E-state index in [0.29, 0.717) is 12.8 Å². The van der Waals surface area contributed by atoms with Gasteiger partial charge in [-0.15, -0.1) is 0 Å². The molecule has 5 heteroatoms. The standard InChI is InChI=1S/C6H10O4.Sn/c7-5(8)3-1-2-4-6(9)10;/h1-4H2,(H,7,8)(H,9,10);. The molecule has 62 valence electrons. The summed E-state index contributed by atoms with van der Waals surface area (Å²) >= 11 is 0. The Bertz CT molecular complexity index is 119. The second-order valence-electron chi connectivity index (χ2n) is 1.99. The number of aliphatic carboxylic acids is 2. The maximum atomic E-state index is 9.90. The van der Waals surface area contributed by atoms with Crippen molar-refractivity contribution < 1.29 is 19.8 Å². The predicted molar refractivity (Wildman–Crippen MR) is 39.5 cm³/mol. The molecule has 0 fully saturated rings. The molecule has 2 N–H and O–H groups in total. The van der Waals surface area contributed by atoms with Gasteiger partial charge in [-0.3, -0.25) is 9.59 Å². The van der Waals surface area contributed by atoms with Crippen LogP contribution in [0.25, 0.3) is 0 Å². The number of hydrogen-bond donors (Lipinski definition) is 2. The molecule has 0 aliphatic rings. The Hall–Kier alpha value is -0.261. The molecule has 0 saturated carbocycles. The summed E-state index contributed by atoms with van der Waals surface area (Å²) < 4.78 is 0. The largest absolute Gasteiger partial charge is 0.481 e. The van der Waals surface area contributed by atoms with Crippen molar-refractivity contribution in [1.82, 2.24) is 0 Å². The zero-order valence-corrected chi connectivity index (χ0v) is 8.89. The first-order valence-corrected chi connectivity index (χ1v) is 3.06. The maximum Gasteiger partial charge on any atom is 0.303 e. The fourth-order valence-electron chi connectivity index (χ4n) is 0.552. The Labute approximate surface area is 81.6 Å². The number of hydrogen-bond acceptors (Lipinski definition) is 2. The second-order valence-corrected chi connectivity index (χ2v) is 1.99. The van der Waals surface area contributed by atoms with Gasteiger partial charge in [0, 0.05) is 36.7 Å². The van der Waals surface area contributed by atoms with E-state index in [4.69, 9.17) is 10.2 Å². The monoisotopic (exact) mass is 266 g/mol. The number of unbranched alkanes of at least 4 members (excludes halogenated alkanes) is 1. The van der Waals surface area contributed by atoms with Gasteiger partial charge in [-0.05, 0) is 12.8 Å². The Morgan fingerprint density at radius 1 is 0.909 bits per heavy atom. The van der Waals surface area contributed by atoms with E-state index in [9.17, 15) is 9.59 Å². The van der Waals surface area contributed by atoms with Crippen LogP contribution in [0.1, 0.15) is 25.7 Å². The third kappa shape index (κ3) is 12.8. The summed E-state index contributed by atoms with van der Waals surface area (Å²) in [5, 5.41) is 16.3. The molecule has 0 bridgehead atoms. The van der Waals surface area contributed by atoms with Gasteiger partial charge in [0.2, 0.25) is 0 Å². The van der Waals surface area contributed by atoms with Crippen LogP contribution in [0.4, 0.5) is 0 Å². The van der Waals surface area contributed by atoms with Crippen LogP contribution in [0, 0.1) is 0 Å². The summed E-state index contributed by atoms with van der Waals surface area (Å²) in [4.78, 5) is 19.8. The van der Waals surface area contributed by atoms with E-state index in [-0.39, 0.29) is 36.7 Å². The van der Waals surface area contributed by atoms with Gasteiger partial charge < -0.3 is 10.2 Å². The summed E-state index contributed by atoms with van der Waals surface area (Å²) in [7, 11) is 0. The Morgan fingerprint density at radius 2 is 1.18 bits per heavy atom. The molecule has 0 amide bonds. The molecule has 0 aliphatic heterocycles. The van der Waals surface area contributed by atoms with Crippen LogP contribution in [-0.4, -0.2) is 46.1 Å². The zero-order valence-electron chi connectivity index (χ0n) is 6.04. The molecule has 0 aromatic carbocycles. The summed E-state index contributed by atoms with van der Waals surface area (Å²) in [5.74, 6) is -1.74. The van der Waals surface area contributed by atoms with Crippen LogP contribution in [0.15, 0.2) is 0 Å². The van der Waals surface area contributed by atoms with Crippen molar-refractivity contribution in [3.05, 3.63) is 0 Å². The van der Waals surface area contributed by atoms with Crippen LogP contribution in [0.2, 0.25) is 0 Å². The first kappa shape index (κ1) is 13.3. The average molecular weight is 265 g/mol. The molecule has 0 saturated heterocycles. The molecular weight excluding hydrogens is 255 g/mol. The summed E-state index contributed by atoms with van der Waals surface area (Å²) in [6.45, 7) is 0. The number of rotatable bonds is 5. The second kappa shape index (κ2) is 7.84. The van der Waals surface area contributed by atoms with Gasteiger partial charge in [0.15, 0.2) is 0 Å². The SMILES string of the molecule is O=C(O)CCCCC(=O)O.[Sn]. The van der Waals surface area contributed by atoms with Crippen molar-refractivity contribution in [3.8, 4) is 0 Å². The van der Waals surface area contributed by atoms with Crippen molar-refractivity contribution in [2.24, 2.45) is 0 Å².